The van der Waals surface area contributed by atoms with Crippen LogP contribution in [0, 0.1) is 10.1 Å². The Bertz CT molecular complexity index is 743. The highest BCUT2D eigenvalue weighted by Gasteiger charge is 2.20. The van der Waals surface area contributed by atoms with Crippen LogP contribution in [0.4, 0.5) is 11.5 Å². The number of aromatic nitrogens is 1. The van der Waals surface area contributed by atoms with Crippen molar-refractivity contribution in [2.75, 3.05) is 44.6 Å². The minimum atomic E-state index is -0.383. The number of hydrogen-bond acceptors (Lipinski definition) is 6. The first-order chi connectivity index (χ1) is 12.1. The van der Waals surface area contributed by atoms with Crippen molar-refractivity contribution in [3.8, 4) is 0 Å². The Morgan fingerprint density at radius 1 is 1.24 bits per heavy atom. The number of likely N-dealkylation sites (N-methyl/N-ethyl adjacent to an activating group) is 1. The average molecular weight is 343 g/mol. The maximum Gasteiger partial charge on any atom is 0.270 e. The average Bonchev–Trinajstić information content (AvgIpc) is 2.65. The third kappa shape index (κ3) is 4.24. The monoisotopic (exact) mass is 343 g/mol. The number of pyridine rings is 1. The molecule has 1 aliphatic heterocycles. The fraction of sp³-hybridized carbons (Fsp3) is 0.500. The molecular weight excluding hydrogens is 318 g/mol. The van der Waals surface area contributed by atoms with E-state index in [1.807, 2.05) is 12.1 Å². The molecule has 0 spiro atoms. The molecule has 0 saturated carbocycles. The number of nitro groups is 1. The maximum atomic E-state index is 10.8. The van der Waals surface area contributed by atoms with Crippen LogP contribution in [0.1, 0.15) is 13.8 Å². The number of nitrogens with zero attached hydrogens (tertiary/aromatic N) is 4. The van der Waals surface area contributed by atoms with Gasteiger partial charge < -0.3 is 10.2 Å². The first-order valence-corrected chi connectivity index (χ1v) is 8.82. The van der Waals surface area contributed by atoms with E-state index in [4.69, 9.17) is 0 Å². The van der Waals surface area contributed by atoms with E-state index in [-0.39, 0.29) is 10.6 Å². The molecule has 0 aliphatic carbocycles. The molecule has 1 unspecified atom stereocenters. The second-order valence-electron chi connectivity index (χ2n) is 6.53. The van der Waals surface area contributed by atoms with Gasteiger partial charge in [-0.15, -0.1) is 0 Å². The van der Waals surface area contributed by atoms with Gasteiger partial charge in [-0.2, -0.15) is 0 Å². The molecule has 0 bridgehead atoms. The minimum Gasteiger partial charge on any atom is -0.368 e. The highest BCUT2D eigenvalue weighted by Crippen LogP contribution is 2.21. The molecule has 1 aromatic carbocycles. The molecule has 2 heterocycles. The quantitative estimate of drug-likeness (QED) is 0.642. The van der Waals surface area contributed by atoms with Crippen molar-refractivity contribution in [3.05, 3.63) is 40.4 Å². The third-order valence-corrected chi connectivity index (χ3v) is 4.94. The van der Waals surface area contributed by atoms with Crippen LogP contribution in [-0.4, -0.2) is 65.0 Å². The zero-order valence-electron chi connectivity index (χ0n) is 14.8. The van der Waals surface area contributed by atoms with E-state index in [1.54, 1.807) is 12.1 Å². The summed E-state index contributed by atoms with van der Waals surface area (Å²) in [6.45, 7) is 10.9. The molecule has 1 saturated heterocycles. The van der Waals surface area contributed by atoms with E-state index in [0.717, 1.165) is 56.0 Å². The number of nitro benzene ring substituents is 1. The van der Waals surface area contributed by atoms with Gasteiger partial charge in [0.1, 0.15) is 5.82 Å². The fourth-order valence-electron chi connectivity index (χ4n) is 3.23. The molecule has 7 nitrogen and oxygen atoms in total. The van der Waals surface area contributed by atoms with Crippen molar-refractivity contribution in [3.63, 3.8) is 0 Å². The van der Waals surface area contributed by atoms with Crippen LogP contribution in [0.3, 0.4) is 0 Å². The number of benzene rings is 1. The summed E-state index contributed by atoms with van der Waals surface area (Å²) in [5, 5.41) is 15.0. The Labute approximate surface area is 147 Å². The van der Waals surface area contributed by atoms with E-state index < -0.39 is 0 Å². The van der Waals surface area contributed by atoms with E-state index >= 15 is 0 Å². The van der Waals surface area contributed by atoms with E-state index in [9.17, 15) is 10.1 Å². The van der Waals surface area contributed by atoms with Gasteiger partial charge in [-0.1, -0.05) is 6.92 Å². The first-order valence-electron chi connectivity index (χ1n) is 8.82. The molecule has 2 aromatic rings. The summed E-state index contributed by atoms with van der Waals surface area (Å²) in [5.41, 5.74) is 0.856. The molecule has 134 valence electrons. The minimum absolute atomic E-state index is 0.0925. The van der Waals surface area contributed by atoms with Gasteiger partial charge in [-0.3, -0.25) is 15.0 Å². The highest BCUT2D eigenvalue weighted by molar-refractivity contribution is 5.82. The number of fused-ring (bicyclic) bond motifs is 1. The second kappa shape index (κ2) is 7.76. The van der Waals surface area contributed by atoms with E-state index in [2.05, 4.69) is 33.9 Å². The maximum absolute atomic E-state index is 10.8. The summed E-state index contributed by atoms with van der Waals surface area (Å²) in [6, 6.07) is 8.95. The van der Waals surface area contributed by atoms with Crippen LogP contribution in [0.2, 0.25) is 0 Å². The summed E-state index contributed by atoms with van der Waals surface area (Å²) in [7, 11) is 0. The largest absolute Gasteiger partial charge is 0.368 e. The Morgan fingerprint density at radius 2 is 2.00 bits per heavy atom. The lowest BCUT2D eigenvalue weighted by atomic mass is 10.2. The van der Waals surface area contributed by atoms with Crippen LogP contribution >= 0.6 is 0 Å². The molecule has 1 aromatic heterocycles. The second-order valence-corrected chi connectivity index (χ2v) is 6.53. The number of piperazine rings is 1. The standard InChI is InChI=1S/C18H25N5O2/c1-3-21-8-10-22(11-9-21)14(2)13-19-18-7-4-15-12-16(23(24)25)5-6-17(15)20-18/h4-7,12,14H,3,8-11,13H2,1-2H3,(H,19,20). The Morgan fingerprint density at radius 3 is 2.68 bits per heavy atom. The van der Waals surface area contributed by atoms with Gasteiger partial charge in [0.15, 0.2) is 0 Å². The number of anilines is 1. The fourth-order valence-corrected chi connectivity index (χ4v) is 3.23. The number of hydrogen-bond donors (Lipinski definition) is 1. The smallest absolute Gasteiger partial charge is 0.270 e. The van der Waals surface area contributed by atoms with Gasteiger partial charge in [0.2, 0.25) is 0 Å². The van der Waals surface area contributed by atoms with Crippen molar-refractivity contribution in [2.45, 2.75) is 19.9 Å². The molecular formula is C18H25N5O2. The molecule has 0 radical (unpaired) electrons. The summed E-state index contributed by atoms with van der Waals surface area (Å²) < 4.78 is 0. The van der Waals surface area contributed by atoms with Crippen molar-refractivity contribution in [2.24, 2.45) is 0 Å². The Hall–Kier alpha value is -2.25. The van der Waals surface area contributed by atoms with Crippen LogP contribution < -0.4 is 5.32 Å². The van der Waals surface area contributed by atoms with Crippen LogP contribution in [0.15, 0.2) is 30.3 Å². The van der Waals surface area contributed by atoms with Crippen LogP contribution in [-0.2, 0) is 0 Å². The molecule has 0 amide bonds. The number of rotatable bonds is 6. The van der Waals surface area contributed by atoms with Crippen molar-refractivity contribution in [1.29, 1.82) is 0 Å². The SMILES string of the molecule is CCN1CCN(C(C)CNc2ccc3cc([N+](=O)[O-])ccc3n2)CC1. The van der Waals surface area contributed by atoms with Gasteiger partial charge in [0, 0.05) is 56.3 Å². The van der Waals surface area contributed by atoms with Crippen LogP contribution in [0.5, 0.6) is 0 Å². The summed E-state index contributed by atoms with van der Waals surface area (Å²) in [6.07, 6.45) is 0. The molecule has 25 heavy (non-hydrogen) atoms. The highest BCUT2D eigenvalue weighted by atomic mass is 16.6. The van der Waals surface area contributed by atoms with Gasteiger partial charge >= 0.3 is 0 Å². The van der Waals surface area contributed by atoms with Crippen LogP contribution in [0.25, 0.3) is 10.9 Å². The van der Waals surface area contributed by atoms with E-state index in [1.165, 1.54) is 6.07 Å². The van der Waals surface area contributed by atoms with Crippen molar-refractivity contribution in [1.82, 2.24) is 14.8 Å². The summed E-state index contributed by atoms with van der Waals surface area (Å²) in [5.74, 6) is 0.806. The predicted octanol–water partition coefficient (Wildman–Crippen LogP) is 2.58. The number of non-ortho nitro benzene ring substituents is 1. The summed E-state index contributed by atoms with van der Waals surface area (Å²) in [4.78, 5) is 20.0. The third-order valence-electron chi connectivity index (χ3n) is 4.94. The zero-order valence-corrected chi connectivity index (χ0v) is 14.8. The predicted molar refractivity (Wildman–Crippen MR) is 100 cm³/mol. The molecule has 1 atom stereocenters. The summed E-state index contributed by atoms with van der Waals surface area (Å²) >= 11 is 0. The normalized spacial score (nSPS) is 17.5. The topological polar surface area (TPSA) is 74.5 Å². The van der Waals surface area contributed by atoms with E-state index in [0.29, 0.717) is 6.04 Å². The van der Waals surface area contributed by atoms with Gasteiger partial charge in [-0.25, -0.2) is 4.98 Å². The lowest BCUT2D eigenvalue weighted by molar-refractivity contribution is -0.384. The Balaban J connectivity index is 1.59. The molecule has 1 N–H and O–H groups in total. The molecule has 1 aliphatic rings. The van der Waals surface area contributed by atoms with Gasteiger partial charge in [0.25, 0.3) is 5.69 Å². The zero-order chi connectivity index (χ0) is 17.8. The van der Waals surface area contributed by atoms with Gasteiger partial charge in [-0.05, 0) is 31.7 Å². The molecule has 7 heteroatoms. The molecule has 1 fully saturated rings. The molecule has 3 rings (SSSR count). The van der Waals surface area contributed by atoms with Crippen molar-refractivity contribution < 1.29 is 4.92 Å². The first kappa shape index (κ1) is 17.6. The Kier molecular flexibility index (Phi) is 5.45. The lowest BCUT2D eigenvalue weighted by Gasteiger charge is -2.37. The number of nitrogens with one attached hydrogen (secondary N) is 1. The van der Waals surface area contributed by atoms with Crippen molar-refractivity contribution >= 4 is 22.4 Å². The lowest BCUT2D eigenvalue weighted by Crippen LogP contribution is -2.51. The van der Waals surface area contributed by atoms with Gasteiger partial charge in [0.05, 0.1) is 10.4 Å².